The molecule has 3 aliphatic carbocycles. The minimum Gasteiger partial charge on any atom is -0.468 e. The second kappa shape index (κ2) is 12.3. The second-order valence-corrected chi connectivity index (χ2v) is 14.4. The van der Waals surface area contributed by atoms with E-state index in [1.165, 1.54) is 25.0 Å². The minimum absolute atomic E-state index is 0.195. The number of aromatic nitrogens is 3. The number of aryl methyl sites for hydroxylation is 1. The molecule has 1 N–H and O–H groups in total. The molecule has 0 aliphatic heterocycles. The first-order valence-corrected chi connectivity index (χ1v) is 17.3. The van der Waals surface area contributed by atoms with Gasteiger partial charge in [-0.05, 0) is 98.1 Å². The predicted octanol–water partition coefficient (Wildman–Crippen LogP) is 7.97. The molecule has 9 heteroatoms. The van der Waals surface area contributed by atoms with Gasteiger partial charge in [-0.2, -0.15) is 4.39 Å². The fourth-order valence-corrected chi connectivity index (χ4v) is 8.82. The third-order valence-electron chi connectivity index (χ3n) is 10.5. The largest absolute Gasteiger partial charge is 0.468 e. The molecule has 2 aromatic carbocycles. The van der Waals surface area contributed by atoms with E-state index in [2.05, 4.69) is 40.7 Å². The SMILES string of the molecule is COC(=O)C1(C(=O)NC(c2cccc(-c3cnc(C4CC4)s3)c2)C2CCC(c3ccc4c(c3)c(F)nn4C)CC2)CCCCC1. The lowest BCUT2D eigenvalue weighted by atomic mass is 9.71. The lowest BCUT2D eigenvalue weighted by molar-refractivity contribution is -0.161. The number of thiazole rings is 1. The van der Waals surface area contributed by atoms with Crippen molar-refractivity contribution < 1.29 is 18.7 Å². The Kier molecular flexibility index (Phi) is 8.23. The van der Waals surface area contributed by atoms with Gasteiger partial charge >= 0.3 is 5.97 Å². The molecule has 0 radical (unpaired) electrons. The topological polar surface area (TPSA) is 86.1 Å². The number of fused-ring (bicyclic) bond motifs is 1. The molecule has 236 valence electrons. The van der Waals surface area contributed by atoms with E-state index < -0.39 is 17.3 Å². The van der Waals surface area contributed by atoms with E-state index in [1.807, 2.05) is 18.3 Å². The Labute approximate surface area is 267 Å². The van der Waals surface area contributed by atoms with Crippen molar-refractivity contribution in [1.82, 2.24) is 20.1 Å². The number of nitrogens with one attached hydrogen (secondary N) is 1. The summed E-state index contributed by atoms with van der Waals surface area (Å²) in [5.74, 6) is 0.0450. The summed E-state index contributed by atoms with van der Waals surface area (Å²) in [6, 6.07) is 14.3. The van der Waals surface area contributed by atoms with Crippen LogP contribution in [-0.2, 0) is 21.4 Å². The fraction of sp³-hybridized carbons (Fsp3) is 0.500. The normalized spacial score (nSPS) is 22.2. The minimum atomic E-state index is -1.14. The van der Waals surface area contributed by atoms with Crippen LogP contribution < -0.4 is 5.32 Å². The first-order chi connectivity index (χ1) is 21.9. The maximum atomic E-state index is 14.5. The fourth-order valence-electron chi connectivity index (χ4n) is 7.73. The average molecular weight is 629 g/mol. The maximum Gasteiger partial charge on any atom is 0.321 e. The monoisotopic (exact) mass is 628 g/mol. The molecule has 45 heavy (non-hydrogen) atoms. The van der Waals surface area contributed by atoms with Gasteiger partial charge in [-0.3, -0.25) is 14.3 Å². The molecule has 0 spiro atoms. The third kappa shape index (κ3) is 5.80. The molecular weight excluding hydrogens is 587 g/mol. The van der Waals surface area contributed by atoms with Crippen LogP contribution in [0.3, 0.4) is 0 Å². The van der Waals surface area contributed by atoms with Crippen molar-refractivity contribution in [2.45, 2.75) is 88.5 Å². The Morgan fingerprint density at radius 2 is 1.78 bits per heavy atom. The molecule has 1 amide bonds. The van der Waals surface area contributed by atoms with Crippen LogP contribution >= 0.6 is 11.3 Å². The van der Waals surface area contributed by atoms with E-state index in [0.717, 1.165) is 72.0 Å². The molecule has 3 aliphatic rings. The molecule has 1 unspecified atom stereocenters. The van der Waals surface area contributed by atoms with E-state index >= 15 is 0 Å². The highest BCUT2D eigenvalue weighted by atomic mass is 32.1. The average Bonchev–Trinajstić information content (AvgIpc) is 3.74. The molecule has 7 rings (SSSR count). The van der Waals surface area contributed by atoms with Gasteiger partial charge in [-0.25, -0.2) is 4.98 Å². The van der Waals surface area contributed by atoms with Gasteiger partial charge in [-0.1, -0.05) is 43.5 Å². The summed E-state index contributed by atoms with van der Waals surface area (Å²) in [5, 5.41) is 9.14. The quantitative estimate of drug-likeness (QED) is 0.158. The lowest BCUT2D eigenvalue weighted by Gasteiger charge is -2.38. The molecule has 3 fully saturated rings. The van der Waals surface area contributed by atoms with E-state index in [-0.39, 0.29) is 17.9 Å². The number of esters is 1. The number of hydrogen-bond acceptors (Lipinski definition) is 6. The molecule has 2 aromatic heterocycles. The second-order valence-electron chi connectivity index (χ2n) is 13.4. The Balaban J connectivity index is 1.16. The number of methoxy groups -OCH3 is 1. The summed E-state index contributed by atoms with van der Waals surface area (Å²) < 4.78 is 21.3. The van der Waals surface area contributed by atoms with Gasteiger partial charge in [0.15, 0.2) is 0 Å². The van der Waals surface area contributed by atoms with Crippen molar-refractivity contribution in [1.29, 1.82) is 0 Å². The summed E-state index contributed by atoms with van der Waals surface area (Å²) in [6.45, 7) is 0. The highest BCUT2D eigenvalue weighted by Crippen LogP contribution is 2.46. The van der Waals surface area contributed by atoms with Crippen molar-refractivity contribution in [3.63, 3.8) is 0 Å². The van der Waals surface area contributed by atoms with E-state index in [0.29, 0.717) is 30.1 Å². The van der Waals surface area contributed by atoms with Gasteiger partial charge < -0.3 is 10.1 Å². The van der Waals surface area contributed by atoms with Gasteiger partial charge in [0.05, 0.1) is 33.9 Å². The molecule has 2 heterocycles. The zero-order valence-corrected chi connectivity index (χ0v) is 26.9. The number of ether oxygens (including phenoxy) is 1. The van der Waals surface area contributed by atoms with E-state index in [1.54, 1.807) is 23.1 Å². The zero-order valence-electron chi connectivity index (χ0n) is 26.1. The third-order valence-corrected chi connectivity index (χ3v) is 11.7. The van der Waals surface area contributed by atoms with Gasteiger partial charge in [0.25, 0.3) is 0 Å². The van der Waals surface area contributed by atoms with Gasteiger partial charge in [0, 0.05) is 19.2 Å². The molecule has 0 bridgehead atoms. The molecule has 4 aromatic rings. The standard InChI is InChI=1S/C36H41FN4O3S/c1-41-29-16-15-25(20-28(29)32(37)40-41)22-9-11-23(12-10-22)31(39-34(42)36(35(43)44-2)17-4-3-5-18-36)27-8-6-7-26(19-27)30-21-38-33(45-30)24-13-14-24/h6-8,15-16,19-24,31H,3-5,9-14,17-18H2,1-2H3,(H,39,42). The number of benzene rings is 2. The lowest BCUT2D eigenvalue weighted by Crippen LogP contribution is -2.50. The number of carbonyl (C=O) groups is 2. The van der Waals surface area contributed by atoms with Crippen LogP contribution in [0.4, 0.5) is 4.39 Å². The predicted molar refractivity (Wildman–Crippen MR) is 173 cm³/mol. The number of nitrogens with zero attached hydrogens (tertiary/aromatic N) is 3. The Morgan fingerprint density at radius 3 is 2.51 bits per heavy atom. The van der Waals surface area contributed by atoms with Crippen molar-refractivity contribution in [3.05, 3.63) is 70.7 Å². The van der Waals surface area contributed by atoms with Crippen LogP contribution in [0.1, 0.15) is 105 Å². The Bertz CT molecular complexity index is 1710. The van der Waals surface area contributed by atoms with Crippen molar-refractivity contribution in [2.75, 3.05) is 7.11 Å². The van der Waals surface area contributed by atoms with Gasteiger partial charge in [0.2, 0.25) is 11.9 Å². The van der Waals surface area contributed by atoms with Crippen LogP contribution in [0.5, 0.6) is 0 Å². The molecular formula is C36H41FN4O3S. The van der Waals surface area contributed by atoms with Crippen molar-refractivity contribution >= 4 is 34.1 Å². The van der Waals surface area contributed by atoms with Crippen molar-refractivity contribution in [3.8, 4) is 10.4 Å². The van der Waals surface area contributed by atoms with E-state index in [4.69, 9.17) is 9.72 Å². The molecule has 3 saturated carbocycles. The first-order valence-electron chi connectivity index (χ1n) is 16.4. The first kappa shape index (κ1) is 30.1. The van der Waals surface area contributed by atoms with Gasteiger partial charge in [-0.15, -0.1) is 16.4 Å². The summed E-state index contributed by atoms with van der Waals surface area (Å²) in [5.41, 5.74) is 2.96. The molecule has 1 atom stereocenters. The number of hydrogen-bond donors (Lipinski definition) is 1. The summed E-state index contributed by atoms with van der Waals surface area (Å²) in [4.78, 5) is 33.1. The summed E-state index contributed by atoms with van der Waals surface area (Å²) in [7, 11) is 3.15. The summed E-state index contributed by atoms with van der Waals surface area (Å²) >= 11 is 1.76. The Morgan fingerprint density at radius 1 is 1.02 bits per heavy atom. The van der Waals surface area contributed by atoms with Gasteiger partial charge in [0.1, 0.15) is 5.41 Å². The van der Waals surface area contributed by atoms with Crippen LogP contribution in [0.15, 0.2) is 48.7 Å². The number of rotatable bonds is 8. The highest BCUT2D eigenvalue weighted by Gasteiger charge is 2.48. The number of halogens is 1. The van der Waals surface area contributed by atoms with Crippen LogP contribution in [0.2, 0.25) is 0 Å². The van der Waals surface area contributed by atoms with Crippen LogP contribution in [0.25, 0.3) is 21.3 Å². The smallest absolute Gasteiger partial charge is 0.321 e. The van der Waals surface area contributed by atoms with E-state index in [9.17, 15) is 14.0 Å². The number of amides is 1. The highest BCUT2D eigenvalue weighted by molar-refractivity contribution is 7.15. The molecule has 7 nitrogen and oxygen atoms in total. The number of carbonyl (C=O) groups excluding carboxylic acids is 2. The summed E-state index contributed by atoms with van der Waals surface area (Å²) in [6.07, 6.45) is 11.8. The van der Waals surface area contributed by atoms with Crippen molar-refractivity contribution in [2.24, 2.45) is 18.4 Å². The maximum absolute atomic E-state index is 14.5. The Hall–Kier alpha value is -3.59. The van der Waals surface area contributed by atoms with Crippen LogP contribution in [-0.4, -0.2) is 33.8 Å². The zero-order chi connectivity index (χ0) is 31.1. The molecule has 0 saturated heterocycles. The van der Waals surface area contributed by atoms with Crippen LogP contribution in [0, 0.1) is 17.3 Å².